The fraction of sp³-hybridized carbons (Fsp3) is 0.154. The third kappa shape index (κ3) is 3.19. The summed E-state index contributed by atoms with van der Waals surface area (Å²) < 4.78 is 13.0. The van der Waals surface area contributed by atoms with Gasteiger partial charge in [0, 0.05) is 22.3 Å². The molecule has 0 amide bonds. The number of hydrogen-bond acceptors (Lipinski definition) is 2. The van der Waals surface area contributed by atoms with E-state index in [2.05, 4.69) is 4.98 Å². The van der Waals surface area contributed by atoms with Crippen LogP contribution in [0.15, 0.2) is 36.7 Å². The summed E-state index contributed by atoms with van der Waals surface area (Å²) in [6.07, 6.45) is 3.17. The van der Waals surface area contributed by atoms with E-state index in [4.69, 9.17) is 28.9 Å². The van der Waals surface area contributed by atoms with Crippen LogP contribution in [0.5, 0.6) is 0 Å². The molecule has 0 aliphatic carbocycles. The van der Waals surface area contributed by atoms with Crippen LogP contribution in [0.3, 0.4) is 0 Å². The molecule has 18 heavy (non-hydrogen) atoms. The van der Waals surface area contributed by atoms with Gasteiger partial charge in [-0.15, -0.1) is 0 Å². The van der Waals surface area contributed by atoms with Crippen molar-refractivity contribution in [1.29, 1.82) is 0 Å². The molecule has 1 unspecified atom stereocenters. The highest BCUT2D eigenvalue weighted by atomic mass is 35.5. The van der Waals surface area contributed by atoms with Crippen molar-refractivity contribution >= 4 is 23.2 Å². The maximum absolute atomic E-state index is 13.0. The van der Waals surface area contributed by atoms with E-state index < -0.39 is 5.82 Å². The van der Waals surface area contributed by atoms with Crippen LogP contribution in [-0.4, -0.2) is 4.98 Å². The van der Waals surface area contributed by atoms with Gasteiger partial charge in [0.2, 0.25) is 0 Å². The van der Waals surface area contributed by atoms with Crippen LogP contribution in [0.25, 0.3) is 0 Å². The molecule has 2 rings (SSSR count). The summed E-state index contributed by atoms with van der Waals surface area (Å²) in [5, 5.41) is 1.19. The summed E-state index contributed by atoms with van der Waals surface area (Å²) in [7, 11) is 0. The monoisotopic (exact) mass is 284 g/mol. The van der Waals surface area contributed by atoms with E-state index in [1.165, 1.54) is 6.07 Å². The minimum absolute atomic E-state index is 0.371. The van der Waals surface area contributed by atoms with E-state index >= 15 is 0 Å². The maximum Gasteiger partial charge on any atom is 0.141 e. The van der Waals surface area contributed by atoms with E-state index in [9.17, 15) is 4.39 Å². The van der Waals surface area contributed by atoms with Gasteiger partial charge in [0.15, 0.2) is 0 Å². The first-order valence-electron chi connectivity index (χ1n) is 5.36. The fourth-order valence-corrected chi connectivity index (χ4v) is 2.07. The Labute approximate surface area is 115 Å². The molecular weight excluding hydrogens is 274 g/mol. The van der Waals surface area contributed by atoms with Crippen LogP contribution < -0.4 is 5.73 Å². The Kier molecular flexibility index (Phi) is 4.17. The zero-order valence-electron chi connectivity index (χ0n) is 9.41. The van der Waals surface area contributed by atoms with Crippen molar-refractivity contribution in [2.75, 3.05) is 0 Å². The summed E-state index contributed by atoms with van der Waals surface area (Å²) in [5.41, 5.74) is 7.47. The number of nitrogens with zero attached hydrogens (tertiary/aromatic N) is 1. The van der Waals surface area contributed by atoms with Gasteiger partial charge in [0.05, 0.1) is 6.20 Å². The average molecular weight is 285 g/mol. The predicted octanol–water partition coefficient (Wildman–Crippen LogP) is 3.77. The first kappa shape index (κ1) is 13.3. The minimum atomic E-state index is -0.403. The van der Waals surface area contributed by atoms with Crippen LogP contribution in [0, 0.1) is 5.82 Å². The van der Waals surface area contributed by atoms with Gasteiger partial charge in [-0.1, -0.05) is 23.2 Å². The normalized spacial score (nSPS) is 12.4. The van der Waals surface area contributed by atoms with Crippen molar-refractivity contribution in [2.45, 2.75) is 12.5 Å². The number of rotatable bonds is 3. The molecule has 5 heteroatoms. The second-order valence-corrected chi connectivity index (χ2v) is 4.83. The third-order valence-corrected chi connectivity index (χ3v) is 3.21. The van der Waals surface area contributed by atoms with Gasteiger partial charge in [0.25, 0.3) is 0 Å². The van der Waals surface area contributed by atoms with Crippen LogP contribution in [0.1, 0.15) is 17.2 Å². The van der Waals surface area contributed by atoms with Gasteiger partial charge in [0.1, 0.15) is 5.82 Å². The van der Waals surface area contributed by atoms with Gasteiger partial charge in [-0.25, -0.2) is 4.39 Å². The first-order valence-corrected chi connectivity index (χ1v) is 6.12. The summed E-state index contributed by atoms with van der Waals surface area (Å²) in [6, 6.07) is 6.19. The first-order chi connectivity index (χ1) is 8.56. The van der Waals surface area contributed by atoms with Crippen molar-refractivity contribution in [2.24, 2.45) is 5.73 Å². The van der Waals surface area contributed by atoms with Gasteiger partial charge in [-0.05, 0) is 41.8 Å². The molecule has 2 N–H and O–H groups in total. The summed E-state index contributed by atoms with van der Waals surface area (Å²) in [5.74, 6) is -0.403. The zero-order valence-corrected chi connectivity index (χ0v) is 10.9. The summed E-state index contributed by atoms with van der Waals surface area (Å²) in [4.78, 5) is 3.77. The Morgan fingerprint density at radius 1 is 1.22 bits per heavy atom. The lowest BCUT2D eigenvalue weighted by molar-refractivity contribution is 0.610. The largest absolute Gasteiger partial charge is 0.324 e. The lowest BCUT2D eigenvalue weighted by atomic mass is 10.0. The van der Waals surface area contributed by atoms with Gasteiger partial charge < -0.3 is 5.73 Å². The van der Waals surface area contributed by atoms with Gasteiger partial charge in [-0.2, -0.15) is 0 Å². The van der Waals surface area contributed by atoms with E-state index in [1.807, 2.05) is 0 Å². The molecule has 0 spiro atoms. The molecule has 0 aliphatic rings. The smallest absolute Gasteiger partial charge is 0.141 e. The Balaban J connectivity index is 2.21. The zero-order chi connectivity index (χ0) is 13.1. The number of nitrogens with two attached hydrogens (primary N) is 1. The van der Waals surface area contributed by atoms with Crippen LogP contribution in [0.2, 0.25) is 10.0 Å². The molecule has 0 bridgehead atoms. The predicted molar refractivity (Wildman–Crippen MR) is 71.3 cm³/mol. The second-order valence-electron chi connectivity index (χ2n) is 3.98. The standard InChI is InChI=1S/C13H11Cl2FN2/c14-10-1-2-12(15)8(3-10)5-13(17)9-4-11(16)7-18-6-9/h1-4,6-7,13H,5,17H2. The van der Waals surface area contributed by atoms with Crippen molar-refractivity contribution in [3.05, 3.63) is 63.6 Å². The molecule has 1 aromatic heterocycles. The van der Waals surface area contributed by atoms with Crippen molar-refractivity contribution in [1.82, 2.24) is 4.98 Å². The van der Waals surface area contributed by atoms with Crippen LogP contribution >= 0.6 is 23.2 Å². The molecule has 2 nitrogen and oxygen atoms in total. The Morgan fingerprint density at radius 3 is 2.72 bits per heavy atom. The summed E-state index contributed by atoms with van der Waals surface area (Å²) >= 11 is 12.0. The molecular formula is C13H11Cl2FN2. The summed E-state index contributed by atoms with van der Waals surface area (Å²) in [6.45, 7) is 0. The average Bonchev–Trinajstić information content (AvgIpc) is 2.34. The highest BCUT2D eigenvalue weighted by Gasteiger charge is 2.11. The Morgan fingerprint density at radius 2 is 2.00 bits per heavy atom. The van der Waals surface area contributed by atoms with Gasteiger partial charge in [-0.3, -0.25) is 4.98 Å². The number of hydrogen-bond donors (Lipinski definition) is 1. The van der Waals surface area contributed by atoms with Crippen molar-refractivity contribution in [3.8, 4) is 0 Å². The van der Waals surface area contributed by atoms with Crippen LogP contribution in [-0.2, 0) is 6.42 Å². The van der Waals surface area contributed by atoms with Crippen LogP contribution in [0.4, 0.5) is 4.39 Å². The molecule has 0 aliphatic heterocycles. The molecule has 1 atom stereocenters. The SMILES string of the molecule is NC(Cc1cc(Cl)ccc1Cl)c1cncc(F)c1. The molecule has 0 saturated carbocycles. The molecule has 94 valence electrons. The number of halogens is 3. The van der Waals surface area contributed by atoms with Gasteiger partial charge >= 0.3 is 0 Å². The quantitative estimate of drug-likeness (QED) is 0.932. The van der Waals surface area contributed by atoms with Crippen molar-refractivity contribution < 1.29 is 4.39 Å². The van der Waals surface area contributed by atoms with E-state index in [-0.39, 0.29) is 6.04 Å². The Bertz CT molecular complexity index is 560. The molecule has 1 aromatic carbocycles. The molecule has 0 radical (unpaired) electrons. The lowest BCUT2D eigenvalue weighted by Gasteiger charge is -2.13. The molecule has 1 heterocycles. The molecule has 0 saturated heterocycles. The molecule has 0 fully saturated rings. The Hall–Kier alpha value is -1.16. The topological polar surface area (TPSA) is 38.9 Å². The minimum Gasteiger partial charge on any atom is -0.324 e. The van der Waals surface area contributed by atoms with Crippen molar-refractivity contribution in [3.63, 3.8) is 0 Å². The second kappa shape index (κ2) is 5.65. The number of aromatic nitrogens is 1. The number of benzene rings is 1. The lowest BCUT2D eigenvalue weighted by Crippen LogP contribution is -2.14. The van der Waals surface area contributed by atoms with E-state index in [0.717, 1.165) is 11.8 Å². The van der Waals surface area contributed by atoms with E-state index in [1.54, 1.807) is 24.4 Å². The fourth-order valence-electron chi connectivity index (χ4n) is 1.69. The maximum atomic E-state index is 13.0. The molecule has 2 aromatic rings. The number of pyridine rings is 1. The highest BCUT2D eigenvalue weighted by molar-refractivity contribution is 6.33. The van der Waals surface area contributed by atoms with E-state index in [0.29, 0.717) is 22.0 Å². The third-order valence-electron chi connectivity index (χ3n) is 2.60. The highest BCUT2D eigenvalue weighted by Crippen LogP contribution is 2.25.